The topological polar surface area (TPSA) is 52.6 Å². The molecule has 0 saturated carbocycles. The van der Waals surface area contributed by atoms with Crippen LogP contribution in [0.1, 0.15) is 99.8 Å². The van der Waals surface area contributed by atoms with Crippen molar-refractivity contribution in [2.75, 3.05) is 13.2 Å². The van der Waals surface area contributed by atoms with Crippen molar-refractivity contribution in [2.24, 2.45) is 11.8 Å². The molecule has 0 bridgehead atoms. The molecule has 1 aromatic carbocycles. The Kier molecular flexibility index (Phi) is 12.9. The molecule has 0 aliphatic rings. The maximum atomic E-state index is 12.6. The lowest BCUT2D eigenvalue weighted by Gasteiger charge is -2.16. The van der Waals surface area contributed by atoms with Crippen molar-refractivity contribution in [1.29, 1.82) is 0 Å². The first-order valence-corrected chi connectivity index (χ1v) is 11.9. The number of rotatable bonds is 14. The summed E-state index contributed by atoms with van der Waals surface area (Å²) in [6, 6.07) is 4.94. The first-order valence-electron chi connectivity index (χ1n) is 11.1. The van der Waals surface area contributed by atoms with Crippen LogP contribution in [0.4, 0.5) is 0 Å². The molecular weight excluding hydrogens is 432 g/mol. The van der Waals surface area contributed by atoms with E-state index in [1.807, 2.05) is 0 Å². The van der Waals surface area contributed by atoms with E-state index in [1.54, 1.807) is 18.2 Å². The number of carbonyl (C=O) groups excluding carboxylic acids is 2. The molecule has 5 heteroatoms. The molecule has 0 heterocycles. The van der Waals surface area contributed by atoms with Crippen molar-refractivity contribution >= 4 is 27.9 Å². The fraction of sp³-hybridized carbons (Fsp3) is 0.667. The molecule has 0 aliphatic carbocycles. The molecule has 164 valence electrons. The van der Waals surface area contributed by atoms with E-state index >= 15 is 0 Å². The van der Waals surface area contributed by atoms with Crippen molar-refractivity contribution in [1.82, 2.24) is 0 Å². The number of ether oxygens (including phenoxy) is 2. The first-order chi connectivity index (χ1) is 14.0. The average Bonchev–Trinajstić information content (AvgIpc) is 2.73. The zero-order valence-electron chi connectivity index (χ0n) is 18.5. The van der Waals surface area contributed by atoms with Crippen LogP contribution in [-0.4, -0.2) is 25.2 Å². The Morgan fingerprint density at radius 3 is 1.86 bits per heavy atom. The van der Waals surface area contributed by atoms with Gasteiger partial charge < -0.3 is 9.47 Å². The Morgan fingerprint density at radius 1 is 0.862 bits per heavy atom. The minimum absolute atomic E-state index is 0.364. The van der Waals surface area contributed by atoms with Gasteiger partial charge in [0.2, 0.25) is 0 Å². The summed E-state index contributed by atoms with van der Waals surface area (Å²) in [7, 11) is 0. The van der Waals surface area contributed by atoms with Crippen molar-refractivity contribution in [2.45, 2.75) is 79.1 Å². The Labute approximate surface area is 184 Å². The SMILES string of the molecule is CCCCC(CC)COC(=O)c1ccc(Br)c(C(=O)OCC(CC)CCCC)c1. The zero-order chi connectivity index (χ0) is 21.6. The van der Waals surface area contributed by atoms with Gasteiger partial charge in [0.25, 0.3) is 0 Å². The van der Waals surface area contributed by atoms with Gasteiger partial charge in [-0.3, -0.25) is 0 Å². The fourth-order valence-corrected chi connectivity index (χ4v) is 3.56. The van der Waals surface area contributed by atoms with E-state index in [2.05, 4.69) is 43.6 Å². The zero-order valence-corrected chi connectivity index (χ0v) is 20.1. The lowest BCUT2D eigenvalue weighted by molar-refractivity contribution is 0.0425. The highest BCUT2D eigenvalue weighted by Gasteiger charge is 2.18. The van der Waals surface area contributed by atoms with Gasteiger partial charge in [-0.1, -0.05) is 66.2 Å². The van der Waals surface area contributed by atoms with Crippen LogP contribution >= 0.6 is 15.9 Å². The normalized spacial score (nSPS) is 13.0. The van der Waals surface area contributed by atoms with Gasteiger partial charge >= 0.3 is 11.9 Å². The molecule has 0 fully saturated rings. The third kappa shape index (κ3) is 9.33. The molecule has 4 nitrogen and oxygen atoms in total. The second-order valence-electron chi connectivity index (χ2n) is 7.72. The first kappa shape index (κ1) is 25.7. The highest BCUT2D eigenvalue weighted by Crippen LogP contribution is 2.22. The lowest BCUT2D eigenvalue weighted by Crippen LogP contribution is -2.16. The van der Waals surface area contributed by atoms with Crippen LogP contribution in [-0.2, 0) is 9.47 Å². The standard InChI is InChI=1S/C24H37BrO4/c1-5-9-11-18(7-3)16-28-23(26)20-13-14-22(25)21(15-20)24(27)29-17-19(8-4)12-10-6-2/h13-15,18-19H,5-12,16-17H2,1-4H3. The quantitative estimate of drug-likeness (QED) is 0.271. The summed E-state index contributed by atoms with van der Waals surface area (Å²) in [5.41, 5.74) is 0.742. The Hall–Kier alpha value is -1.36. The number of unbranched alkanes of at least 4 members (excludes halogenated alkanes) is 2. The molecule has 0 saturated heterocycles. The van der Waals surface area contributed by atoms with Gasteiger partial charge in [0.15, 0.2) is 0 Å². The number of esters is 2. The summed E-state index contributed by atoms with van der Waals surface area (Å²) in [5.74, 6) is -0.0421. The van der Waals surface area contributed by atoms with Crippen molar-refractivity contribution in [3.05, 3.63) is 33.8 Å². The summed E-state index contributed by atoms with van der Waals surface area (Å²) in [6.45, 7) is 9.38. The number of hydrogen-bond donors (Lipinski definition) is 0. The summed E-state index contributed by atoms with van der Waals surface area (Å²) >= 11 is 3.40. The molecule has 0 N–H and O–H groups in total. The van der Waals surface area contributed by atoms with Crippen LogP contribution in [0, 0.1) is 11.8 Å². The molecule has 2 unspecified atom stereocenters. The maximum Gasteiger partial charge on any atom is 0.339 e. The van der Waals surface area contributed by atoms with E-state index in [0.29, 0.717) is 40.6 Å². The molecular formula is C24H37BrO4. The highest BCUT2D eigenvalue weighted by atomic mass is 79.9. The van der Waals surface area contributed by atoms with Gasteiger partial charge in [-0.25, -0.2) is 9.59 Å². The van der Waals surface area contributed by atoms with Crippen LogP contribution in [0.5, 0.6) is 0 Å². The Balaban J connectivity index is 2.70. The van der Waals surface area contributed by atoms with Crippen LogP contribution in [0.15, 0.2) is 22.7 Å². The van der Waals surface area contributed by atoms with Gasteiger partial charge in [0, 0.05) is 4.47 Å². The average molecular weight is 469 g/mol. The van der Waals surface area contributed by atoms with Crippen LogP contribution in [0.3, 0.4) is 0 Å². The van der Waals surface area contributed by atoms with Crippen LogP contribution in [0.25, 0.3) is 0 Å². The predicted octanol–water partition coefficient (Wildman–Crippen LogP) is 7.20. The monoisotopic (exact) mass is 468 g/mol. The number of benzene rings is 1. The van der Waals surface area contributed by atoms with Gasteiger partial charge in [0.05, 0.1) is 24.3 Å². The van der Waals surface area contributed by atoms with E-state index in [4.69, 9.17) is 9.47 Å². The lowest BCUT2D eigenvalue weighted by atomic mass is 10.0. The minimum atomic E-state index is -0.407. The molecule has 0 aliphatic heterocycles. The van der Waals surface area contributed by atoms with Gasteiger partial charge in [0.1, 0.15) is 0 Å². The maximum absolute atomic E-state index is 12.6. The minimum Gasteiger partial charge on any atom is -0.462 e. The predicted molar refractivity (Wildman–Crippen MR) is 121 cm³/mol. The highest BCUT2D eigenvalue weighted by molar-refractivity contribution is 9.10. The van der Waals surface area contributed by atoms with E-state index in [9.17, 15) is 9.59 Å². The smallest absolute Gasteiger partial charge is 0.339 e. The number of halogens is 1. The number of hydrogen-bond acceptors (Lipinski definition) is 4. The largest absolute Gasteiger partial charge is 0.462 e. The van der Waals surface area contributed by atoms with E-state index in [1.165, 1.54) is 0 Å². The van der Waals surface area contributed by atoms with E-state index in [0.717, 1.165) is 51.4 Å². The summed E-state index contributed by atoms with van der Waals surface area (Å²) in [5, 5.41) is 0. The third-order valence-electron chi connectivity index (χ3n) is 5.41. The molecule has 2 atom stereocenters. The number of carbonyl (C=O) groups is 2. The molecule has 0 aromatic heterocycles. The fourth-order valence-electron chi connectivity index (χ4n) is 3.15. The second kappa shape index (κ2) is 14.6. The summed E-state index contributed by atoms with van der Waals surface area (Å²) in [4.78, 5) is 25.0. The van der Waals surface area contributed by atoms with Crippen molar-refractivity contribution in [3.63, 3.8) is 0 Å². The van der Waals surface area contributed by atoms with Gasteiger partial charge in [-0.15, -0.1) is 0 Å². The molecule has 1 aromatic rings. The van der Waals surface area contributed by atoms with Crippen LogP contribution in [0.2, 0.25) is 0 Å². The van der Waals surface area contributed by atoms with E-state index in [-0.39, 0.29) is 0 Å². The summed E-state index contributed by atoms with van der Waals surface area (Å²) in [6.07, 6.45) is 8.65. The Morgan fingerprint density at radius 2 is 1.38 bits per heavy atom. The van der Waals surface area contributed by atoms with Crippen molar-refractivity contribution in [3.8, 4) is 0 Å². The summed E-state index contributed by atoms with van der Waals surface area (Å²) < 4.78 is 11.7. The van der Waals surface area contributed by atoms with Gasteiger partial charge in [-0.2, -0.15) is 0 Å². The molecule has 0 radical (unpaired) electrons. The molecule has 0 amide bonds. The molecule has 29 heavy (non-hydrogen) atoms. The molecule has 0 spiro atoms. The van der Waals surface area contributed by atoms with Gasteiger partial charge in [-0.05, 0) is 58.8 Å². The van der Waals surface area contributed by atoms with Crippen LogP contribution < -0.4 is 0 Å². The van der Waals surface area contributed by atoms with Crippen molar-refractivity contribution < 1.29 is 19.1 Å². The Bertz CT molecular complexity index is 629. The third-order valence-corrected chi connectivity index (χ3v) is 6.10. The van der Waals surface area contributed by atoms with E-state index < -0.39 is 11.9 Å². The second-order valence-corrected chi connectivity index (χ2v) is 8.58. The molecule has 1 rings (SSSR count).